The van der Waals surface area contributed by atoms with Crippen LogP contribution in [0.1, 0.15) is 11.5 Å². The molecule has 0 aliphatic heterocycles. The van der Waals surface area contributed by atoms with Gasteiger partial charge in [-0.3, -0.25) is 10.1 Å². The Labute approximate surface area is 166 Å². The Balaban J connectivity index is 2.39. The van der Waals surface area contributed by atoms with Crippen molar-refractivity contribution in [2.24, 2.45) is 0 Å². The predicted molar refractivity (Wildman–Crippen MR) is 96.6 cm³/mol. The number of nitro benzene ring substituents is 1. The molecule has 0 saturated carbocycles. The maximum atomic E-state index is 11.5. The van der Waals surface area contributed by atoms with E-state index in [2.05, 4.69) is 20.1 Å². The molecular formula is C14H10Cl3N5O5. The monoisotopic (exact) mass is 433 g/mol. The van der Waals surface area contributed by atoms with Gasteiger partial charge in [-0.2, -0.15) is 4.98 Å². The molecule has 0 aliphatic carbocycles. The third kappa shape index (κ3) is 3.43. The first-order chi connectivity index (χ1) is 12.7. The number of halogens is 3. The summed E-state index contributed by atoms with van der Waals surface area (Å²) in [4.78, 5) is 23.5. The van der Waals surface area contributed by atoms with Gasteiger partial charge in [-0.1, -0.05) is 40.0 Å². The van der Waals surface area contributed by atoms with Gasteiger partial charge in [0.15, 0.2) is 0 Å². The number of nitro groups is 1. The summed E-state index contributed by atoms with van der Waals surface area (Å²) < 4.78 is 13.3. The number of alkyl halides is 3. The summed E-state index contributed by atoms with van der Waals surface area (Å²) in [5.74, 6) is -0.215. The number of hydrogen-bond donors (Lipinski definition) is 0. The molecule has 1 aromatic carbocycles. The zero-order chi connectivity index (χ0) is 19.9. The molecular weight excluding hydrogens is 425 g/mol. The van der Waals surface area contributed by atoms with E-state index in [-0.39, 0.29) is 51.3 Å². The average Bonchev–Trinajstić information content (AvgIpc) is 3.09. The summed E-state index contributed by atoms with van der Waals surface area (Å²) in [5, 5.41) is 15.2. The molecule has 0 spiro atoms. The van der Waals surface area contributed by atoms with Crippen molar-refractivity contribution in [1.29, 1.82) is 0 Å². The Morgan fingerprint density at radius 2 is 1.78 bits per heavy atom. The Bertz CT molecular complexity index is 1050. The molecule has 0 radical (unpaired) electrons. The summed E-state index contributed by atoms with van der Waals surface area (Å²) in [6.45, 7) is 1.51. The van der Waals surface area contributed by atoms with Gasteiger partial charge < -0.3 is 14.0 Å². The minimum atomic E-state index is -1.96. The highest BCUT2D eigenvalue weighted by molar-refractivity contribution is 6.66. The van der Waals surface area contributed by atoms with Crippen LogP contribution in [0, 0.1) is 17.0 Å². The third-order valence-corrected chi connectivity index (χ3v) is 4.09. The molecule has 13 heteroatoms. The van der Waals surface area contributed by atoms with Crippen LogP contribution in [0.5, 0.6) is 11.8 Å². The Hall–Kier alpha value is -2.43. The van der Waals surface area contributed by atoms with Gasteiger partial charge in [-0.15, -0.1) is 0 Å². The maximum Gasteiger partial charge on any atom is 0.279 e. The van der Waals surface area contributed by atoms with Gasteiger partial charge in [0.05, 0.1) is 24.7 Å². The second-order valence-corrected chi connectivity index (χ2v) is 7.46. The third-order valence-electron chi connectivity index (χ3n) is 3.61. The lowest BCUT2D eigenvalue weighted by Gasteiger charge is -2.10. The summed E-state index contributed by atoms with van der Waals surface area (Å²) >= 11 is 17.2. The molecule has 0 amide bonds. The van der Waals surface area contributed by atoms with Gasteiger partial charge in [-0.25, -0.2) is 9.97 Å². The summed E-state index contributed by atoms with van der Waals surface area (Å²) in [7, 11) is 2.75. The van der Waals surface area contributed by atoms with Crippen molar-refractivity contribution < 1.29 is 18.9 Å². The number of rotatable bonds is 4. The highest BCUT2D eigenvalue weighted by Crippen LogP contribution is 2.41. The van der Waals surface area contributed by atoms with Gasteiger partial charge in [0.1, 0.15) is 11.0 Å². The van der Waals surface area contributed by atoms with Gasteiger partial charge in [0.25, 0.3) is 27.1 Å². The van der Waals surface area contributed by atoms with E-state index in [0.717, 1.165) is 0 Å². The fraction of sp³-hybridized carbons (Fsp3) is 0.286. The first kappa shape index (κ1) is 19.3. The van der Waals surface area contributed by atoms with Crippen LogP contribution in [-0.4, -0.2) is 39.3 Å². The topological polar surface area (TPSA) is 126 Å². The van der Waals surface area contributed by atoms with Crippen molar-refractivity contribution in [1.82, 2.24) is 20.1 Å². The molecule has 0 aliphatic rings. The van der Waals surface area contributed by atoms with Crippen molar-refractivity contribution in [2.45, 2.75) is 10.7 Å². The van der Waals surface area contributed by atoms with Crippen molar-refractivity contribution in [3.63, 3.8) is 0 Å². The largest absolute Gasteiger partial charge is 0.477 e. The number of methoxy groups -OCH3 is 2. The Morgan fingerprint density at radius 1 is 1.15 bits per heavy atom. The number of hydrogen-bond acceptors (Lipinski definition) is 9. The SMILES string of the molecule is COc1nc2cc([N+](=O)[O-])c(C)c(-c3noc(C(Cl)(Cl)Cl)n3)c2nc1OC. The van der Waals surface area contributed by atoms with E-state index >= 15 is 0 Å². The number of nitrogens with zero attached hydrogens (tertiary/aromatic N) is 5. The first-order valence-electron chi connectivity index (χ1n) is 7.16. The minimum absolute atomic E-state index is 0.0518. The highest BCUT2D eigenvalue weighted by atomic mass is 35.6. The van der Waals surface area contributed by atoms with Crippen LogP contribution in [0.2, 0.25) is 0 Å². The molecule has 142 valence electrons. The molecule has 27 heavy (non-hydrogen) atoms. The Kier molecular flexibility index (Phi) is 4.98. The lowest BCUT2D eigenvalue weighted by atomic mass is 10.0. The molecule has 2 heterocycles. The highest BCUT2D eigenvalue weighted by Gasteiger charge is 2.33. The molecule has 10 nitrogen and oxygen atoms in total. The van der Waals surface area contributed by atoms with Crippen LogP contribution in [0.3, 0.4) is 0 Å². The lowest BCUT2D eigenvalue weighted by Crippen LogP contribution is -2.03. The second kappa shape index (κ2) is 6.95. The molecule has 2 aromatic heterocycles. The molecule has 0 atom stereocenters. The van der Waals surface area contributed by atoms with Crippen LogP contribution in [-0.2, 0) is 3.79 Å². The number of benzene rings is 1. The van der Waals surface area contributed by atoms with Crippen molar-refractivity contribution >= 4 is 51.5 Å². The van der Waals surface area contributed by atoms with Gasteiger partial charge >= 0.3 is 0 Å². The zero-order valence-corrected chi connectivity index (χ0v) is 16.3. The van der Waals surface area contributed by atoms with E-state index in [0.29, 0.717) is 0 Å². The van der Waals surface area contributed by atoms with E-state index < -0.39 is 8.72 Å². The number of fused-ring (bicyclic) bond motifs is 1. The van der Waals surface area contributed by atoms with Gasteiger partial charge in [0.2, 0.25) is 5.82 Å². The summed E-state index contributed by atoms with van der Waals surface area (Å²) in [6, 6.07) is 1.26. The van der Waals surface area contributed by atoms with Gasteiger partial charge in [0, 0.05) is 11.6 Å². The van der Waals surface area contributed by atoms with Crippen LogP contribution >= 0.6 is 34.8 Å². The normalized spacial score (nSPS) is 11.6. The summed E-state index contributed by atoms with van der Waals surface area (Å²) in [5.41, 5.74) is 0.592. The smallest absolute Gasteiger partial charge is 0.279 e. The van der Waals surface area contributed by atoms with Gasteiger partial charge in [-0.05, 0) is 6.92 Å². The summed E-state index contributed by atoms with van der Waals surface area (Å²) in [6.07, 6.45) is 0. The number of ether oxygens (including phenoxy) is 2. The molecule has 3 rings (SSSR count). The quantitative estimate of drug-likeness (QED) is 0.343. The van der Waals surface area contributed by atoms with Crippen LogP contribution in [0.4, 0.5) is 5.69 Å². The van der Waals surface area contributed by atoms with E-state index in [4.69, 9.17) is 48.8 Å². The first-order valence-corrected chi connectivity index (χ1v) is 8.29. The molecule has 0 unspecified atom stereocenters. The van der Waals surface area contributed by atoms with Crippen molar-refractivity contribution in [3.05, 3.63) is 27.6 Å². The van der Waals surface area contributed by atoms with E-state index in [1.807, 2.05) is 0 Å². The molecule has 0 fully saturated rings. The molecule has 0 N–H and O–H groups in total. The minimum Gasteiger partial charge on any atom is -0.477 e. The predicted octanol–water partition coefficient (Wildman–Crippen LogP) is 3.74. The molecule has 3 aromatic rings. The zero-order valence-electron chi connectivity index (χ0n) is 14.0. The second-order valence-electron chi connectivity index (χ2n) is 5.18. The Morgan fingerprint density at radius 3 is 2.30 bits per heavy atom. The van der Waals surface area contributed by atoms with E-state index in [1.54, 1.807) is 0 Å². The maximum absolute atomic E-state index is 11.5. The lowest BCUT2D eigenvalue weighted by molar-refractivity contribution is -0.385. The molecule has 0 bridgehead atoms. The fourth-order valence-corrected chi connectivity index (χ4v) is 2.64. The van der Waals surface area contributed by atoms with Crippen molar-refractivity contribution in [3.8, 4) is 23.1 Å². The van der Waals surface area contributed by atoms with Crippen LogP contribution < -0.4 is 9.47 Å². The number of aromatic nitrogens is 4. The standard InChI is InChI=1S/C14H10Cl3N5O5/c1-5-7(22(23)24)4-6-9(19-12(26-3)11(18-6)25-2)8(5)10-20-13(27-21-10)14(15,16)17/h4H,1-3H3. The average molecular weight is 435 g/mol. The van der Waals surface area contributed by atoms with Crippen LogP contribution in [0.15, 0.2) is 10.6 Å². The van der Waals surface area contributed by atoms with Crippen molar-refractivity contribution in [2.75, 3.05) is 14.2 Å². The van der Waals surface area contributed by atoms with Crippen LogP contribution in [0.25, 0.3) is 22.4 Å². The fourth-order valence-electron chi connectivity index (χ4n) is 2.41. The van der Waals surface area contributed by atoms with E-state index in [9.17, 15) is 10.1 Å². The van der Waals surface area contributed by atoms with E-state index in [1.165, 1.54) is 27.2 Å². The molecule has 0 saturated heterocycles.